The zero-order valence-corrected chi connectivity index (χ0v) is 10.3. The van der Waals surface area contributed by atoms with Crippen LogP contribution in [0.3, 0.4) is 0 Å². The van der Waals surface area contributed by atoms with Crippen molar-refractivity contribution in [3.8, 4) is 12.3 Å². The van der Waals surface area contributed by atoms with Gasteiger partial charge in [-0.2, -0.15) is 0 Å². The van der Waals surface area contributed by atoms with Crippen LogP contribution in [0.2, 0.25) is 0 Å². The number of amides is 1. The van der Waals surface area contributed by atoms with Crippen molar-refractivity contribution in [1.82, 2.24) is 0 Å². The van der Waals surface area contributed by atoms with Crippen molar-refractivity contribution in [1.29, 1.82) is 0 Å². The maximum atomic E-state index is 11.6. The lowest BCUT2D eigenvalue weighted by Crippen LogP contribution is -2.35. The van der Waals surface area contributed by atoms with Crippen molar-refractivity contribution in [2.75, 3.05) is 17.2 Å². The summed E-state index contributed by atoms with van der Waals surface area (Å²) in [5.41, 5.74) is 0.914. The fourth-order valence-corrected chi connectivity index (χ4v) is 2.93. The third kappa shape index (κ3) is 2.04. The first-order valence-corrected chi connectivity index (χ1v) is 6.16. The van der Waals surface area contributed by atoms with Gasteiger partial charge in [0, 0.05) is 9.37 Å². The van der Waals surface area contributed by atoms with Crippen molar-refractivity contribution in [3.63, 3.8) is 0 Å². The number of carbonyl (C=O) groups is 1. The highest BCUT2D eigenvalue weighted by atomic mass is 79.9. The zero-order valence-electron chi connectivity index (χ0n) is 7.87. The van der Waals surface area contributed by atoms with E-state index in [-0.39, 0.29) is 5.91 Å². The molecule has 1 amide bonds. The molecule has 15 heavy (non-hydrogen) atoms. The van der Waals surface area contributed by atoms with Gasteiger partial charge in [-0.1, -0.05) is 21.9 Å². The summed E-state index contributed by atoms with van der Waals surface area (Å²) in [6, 6.07) is 5.85. The van der Waals surface area contributed by atoms with Crippen molar-refractivity contribution >= 4 is 39.3 Å². The molecule has 0 saturated heterocycles. The van der Waals surface area contributed by atoms with Gasteiger partial charge in [0.05, 0.1) is 18.0 Å². The van der Waals surface area contributed by atoms with Gasteiger partial charge in [0.15, 0.2) is 0 Å². The van der Waals surface area contributed by atoms with Gasteiger partial charge < -0.3 is 0 Å². The first-order chi connectivity index (χ1) is 7.22. The Balaban J connectivity index is 2.44. The highest BCUT2D eigenvalue weighted by molar-refractivity contribution is 9.10. The molecule has 0 saturated carbocycles. The standard InChI is InChI=1S/C11H8BrNOS/c1-2-5-13-9-4-3-8(12)6-10(9)15-7-11(13)14/h1,3-4,6H,5,7H2. The minimum absolute atomic E-state index is 0.0766. The Labute approximate surface area is 101 Å². The molecule has 0 fully saturated rings. The maximum absolute atomic E-state index is 11.6. The van der Waals surface area contributed by atoms with Crippen LogP contribution in [0.4, 0.5) is 5.69 Å². The summed E-state index contributed by atoms with van der Waals surface area (Å²) in [5.74, 6) is 3.05. The van der Waals surface area contributed by atoms with Gasteiger partial charge in [0.2, 0.25) is 5.91 Å². The summed E-state index contributed by atoms with van der Waals surface area (Å²) >= 11 is 4.96. The molecule has 0 N–H and O–H groups in total. The molecule has 0 radical (unpaired) electrons. The van der Waals surface area contributed by atoms with Crippen molar-refractivity contribution in [2.24, 2.45) is 0 Å². The van der Waals surface area contributed by atoms with Crippen LogP contribution in [0, 0.1) is 12.3 Å². The van der Waals surface area contributed by atoms with Gasteiger partial charge in [0.25, 0.3) is 0 Å². The first-order valence-electron chi connectivity index (χ1n) is 4.38. The predicted octanol–water partition coefficient (Wildman–Crippen LogP) is 2.52. The second-order valence-electron chi connectivity index (χ2n) is 3.08. The topological polar surface area (TPSA) is 20.3 Å². The van der Waals surface area contributed by atoms with E-state index in [0.29, 0.717) is 12.3 Å². The normalized spacial score (nSPS) is 14.7. The maximum Gasteiger partial charge on any atom is 0.238 e. The molecule has 2 rings (SSSR count). The van der Waals surface area contributed by atoms with E-state index in [0.717, 1.165) is 15.1 Å². The van der Waals surface area contributed by atoms with Crippen LogP contribution >= 0.6 is 27.7 Å². The number of carbonyl (C=O) groups excluding carboxylic acids is 1. The quantitative estimate of drug-likeness (QED) is 0.738. The average Bonchev–Trinajstić information content (AvgIpc) is 2.22. The number of nitrogens with zero attached hydrogens (tertiary/aromatic N) is 1. The highest BCUT2D eigenvalue weighted by Crippen LogP contribution is 2.36. The van der Waals surface area contributed by atoms with Gasteiger partial charge in [-0.05, 0) is 18.2 Å². The van der Waals surface area contributed by atoms with E-state index in [1.54, 1.807) is 16.7 Å². The van der Waals surface area contributed by atoms with Crippen LogP contribution in [-0.2, 0) is 4.79 Å². The Hall–Kier alpha value is -0.920. The fraction of sp³-hybridized carbons (Fsp3) is 0.182. The molecule has 1 aromatic carbocycles. The summed E-state index contributed by atoms with van der Waals surface area (Å²) < 4.78 is 1.02. The minimum Gasteiger partial charge on any atom is -0.299 e. The van der Waals surface area contributed by atoms with E-state index in [1.165, 1.54) is 0 Å². The Morgan fingerprint density at radius 1 is 1.60 bits per heavy atom. The van der Waals surface area contributed by atoms with Crippen LogP contribution in [0.25, 0.3) is 0 Å². The molecule has 0 spiro atoms. The molecular weight excluding hydrogens is 274 g/mol. The van der Waals surface area contributed by atoms with Crippen molar-refractivity contribution < 1.29 is 4.79 Å². The summed E-state index contributed by atoms with van der Waals surface area (Å²) in [6.45, 7) is 0.341. The number of hydrogen-bond acceptors (Lipinski definition) is 2. The number of benzene rings is 1. The molecular formula is C11H8BrNOS. The molecule has 4 heteroatoms. The van der Waals surface area contributed by atoms with Gasteiger partial charge in [-0.3, -0.25) is 9.69 Å². The number of rotatable bonds is 1. The number of thioether (sulfide) groups is 1. The molecule has 1 aromatic rings. The predicted molar refractivity (Wildman–Crippen MR) is 66.1 cm³/mol. The number of fused-ring (bicyclic) bond motifs is 1. The fourth-order valence-electron chi connectivity index (χ4n) is 1.44. The SMILES string of the molecule is C#CCN1C(=O)CSc2cc(Br)ccc21. The first kappa shape index (κ1) is 10.6. The Morgan fingerprint density at radius 2 is 2.40 bits per heavy atom. The number of hydrogen-bond donors (Lipinski definition) is 0. The Kier molecular flexibility index (Phi) is 3.03. The Morgan fingerprint density at radius 3 is 3.13 bits per heavy atom. The molecule has 0 unspecified atom stereocenters. The highest BCUT2D eigenvalue weighted by Gasteiger charge is 2.23. The molecule has 1 aliphatic heterocycles. The lowest BCUT2D eigenvalue weighted by atomic mass is 10.2. The summed E-state index contributed by atoms with van der Waals surface area (Å²) in [4.78, 5) is 14.4. The smallest absolute Gasteiger partial charge is 0.238 e. The lowest BCUT2D eigenvalue weighted by Gasteiger charge is -2.27. The van der Waals surface area contributed by atoms with E-state index in [9.17, 15) is 4.79 Å². The van der Waals surface area contributed by atoms with Gasteiger partial charge in [0.1, 0.15) is 0 Å². The third-order valence-electron chi connectivity index (χ3n) is 2.11. The minimum atomic E-state index is 0.0766. The van der Waals surface area contributed by atoms with Crippen LogP contribution in [0.15, 0.2) is 27.6 Å². The molecule has 2 nitrogen and oxygen atoms in total. The molecule has 1 aliphatic rings. The monoisotopic (exact) mass is 281 g/mol. The number of terminal acetylenes is 1. The van der Waals surface area contributed by atoms with Crippen LogP contribution < -0.4 is 4.90 Å². The number of halogens is 1. The summed E-state index contributed by atoms with van der Waals surface area (Å²) in [7, 11) is 0. The van der Waals surface area contributed by atoms with Crippen molar-refractivity contribution in [3.05, 3.63) is 22.7 Å². The second kappa shape index (κ2) is 4.30. The zero-order chi connectivity index (χ0) is 10.8. The molecule has 1 heterocycles. The third-order valence-corrected chi connectivity index (χ3v) is 3.64. The van der Waals surface area contributed by atoms with Gasteiger partial charge in [-0.15, -0.1) is 18.2 Å². The van der Waals surface area contributed by atoms with Crippen LogP contribution in [-0.4, -0.2) is 18.2 Å². The van der Waals surface area contributed by atoms with Gasteiger partial charge in [-0.25, -0.2) is 0 Å². The van der Waals surface area contributed by atoms with Crippen molar-refractivity contribution in [2.45, 2.75) is 4.90 Å². The molecule has 0 bridgehead atoms. The molecule has 0 atom stereocenters. The summed E-state index contributed by atoms with van der Waals surface area (Å²) in [6.07, 6.45) is 5.25. The largest absolute Gasteiger partial charge is 0.299 e. The lowest BCUT2D eigenvalue weighted by molar-refractivity contribution is -0.116. The van der Waals surface area contributed by atoms with E-state index in [2.05, 4.69) is 21.9 Å². The van der Waals surface area contributed by atoms with E-state index >= 15 is 0 Å². The average molecular weight is 282 g/mol. The molecule has 76 valence electrons. The molecule has 0 aromatic heterocycles. The van der Waals surface area contributed by atoms with Crippen LogP contribution in [0.5, 0.6) is 0 Å². The van der Waals surface area contributed by atoms with E-state index in [1.807, 2.05) is 18.2 Å². The summed E-state index contributed by atoms with van der Waals surface area (Å²) in [5, 5.41) is 0. The van der Waals surface area contributed by atoms with Crippen LogP contribution in [0.1, 0.15) is 0 Å². The van der Waals surface area contributed by atoms with Gasteiger partial charge >= 0.3 is 0 Å². The second-order valence-corrected chi connectivity index (χ2v) is 5.02. The van der Waals surface area contributed by atoms with E-state index in [4.69, 9.17) is 6.42 Å². The Bertz CT molecular complexity index is 452. The van der Waals surface area contributed by atoms with E-state index < -0.39 is 0 Å². The number of anilines is 1. The molecule has 0 aliphatic carbocycles.